The Hall–Kier alpha value is -3.15. The molecule has 6 nitrogen and oxygen atoms in total. The number of aromatic nitrogens is 1. The van der Waals surface area contributed by atoms with Crippen molar-refractivity contribution in [3.05, 3.63) is 66.0 Å². The Labute approximate surface area is 152 Å². The van der Waals surface area contributed by atoms with Gasteiger partial charge in [-0.05, 0) is 48.7 Å². The molecule has 0 radical (unpaired) electrons. The molecule has 0 fully saturated rings. The number of amides is 1. The van der Waals surface area contributed by atoms with E-state index in [2.05, 4.69) is 10.3 Å². The van der Waals surface area contributed by atoms with Crippen LogP contribution >= 0.6 is 0 Å². The lowest BCUT2D eigenvalue weighted by Crippen LogP contribution is -2.23. The van der Waals surface area contributed by atoms with Crippen LogP contribution in [-0.4, -0.2) is 36.6 Å². The zero-order valence-corrected chi connectivity index (χ0v) is 14.7. The summed E-state index contributed by atoms with van der Waals surface area (Å²) in [5, 5.41) is 2.83. The third-order valence-electron chi connectivity index (χ3n) is 3.38. The Morgan fingerprint density at radius 1 is 1.23 bits per heavy atom. The van der Waals surface area contributed by atoms with Crippen molar-refractivity contribution >= 4 is 18.0 Å². The number of nitrogens with zero attached hydrogens (tertiary/aromatic N) is 1. The summed E-state index contributed by atoms with van der Waals surface area (Å²) >= 11 is 0. The van der Waals surface area contributed by atoms with Crippen LogP contribution in [0.15, 0.2) is 54.9 Å². The zero-order chi connectivity index (χ0) is 18.6. The average Bonchev–Trinajstić information content (AvgIpc) is 2.66. The first-order valence-electron chi connectivity index (χ1n) is 8.40. The number of ether oxygens (including phenoxy) is 2. The van der Waals surface area contributed by atoms with Crippen molar-refractivity contribution < 1.29 is 19.1 Å². The second-order valence-corrected chi connectivity index (χ2v) is 5.40. The van der Waals surface area contributed by atoms with E-state index in [0.717, 1.165) is 11.1 Å². The van der Waals surface area contributed by atoms with E-state index in [1.165, 1.54) is 6.08 Å². The largest absolute Gasteiger partial charge is 0.482 e. The first-order chi connectivity index (χ1) is 12.7. The summed E-state index contributed by atoms with van der Waals surface area (Å²) in [6.45, 7) is 2.46. The topological polar surface area (TPSA) is 77.5 Å². The highest BCUT2D eigenvalue weighted by Gasteiger charge is 2.04. The fraction of sp³-hybridized carbons (Fsp3) is 0.250. The van der Waals surface area contributed by atoms with Crippen LogP contribution in [0, 0.1) is 0 Å². The predicted octanol–water partition coefficient (Wildman–Crippen LogP) is 2.40. The van der Waals surface area contributed by atoms with Gasteiger partial charge in [0.15, 0.2) is 6.61 Å². The molecule has 0 spiro atoms. The van der Waals surface area contributed by atoms with Crippen molar-refractivity contribution in [3.8, 4) is 5.75 Å². The number of hydrogen-bond donors (Lipinski definition) is 1. The predicted molar refractivity (Wildman–Crippen MR) is 98.6 cm³/mol. The highest BCUT2D eigenvalue weighted by atomic mass is 16.6. The summed E-state index contributed by atoms with van der Waals surface area (Å²) in [6.07, 6.45) is 7.22. The quantitative estimate of drug-likeness (QED) is 0.553. The normalized spacial score (nSPS) is 10.5. The van der Waals surface area contributed by atoms with Crippen molar-refractivity contribution in [2.45, 2.75) is 13.3 Å². The van der Waals surface area contributed by atoms with E-state index in [0.29, 0.717) is 25.3 Å². The molecule has 0 unspecified atom stereocenters. The number of hydrogen-bond acceptors (Lipinski definition) is 5. The molecule has 0 atom stereocenters. The van der Waals surface area contributed by atoms with E-state index in [9.17, 15) is 9.59 Å². The van der Waals surface area contributed by atoms with Gasteiger partial charge in [-0.25, -0.2) is 4.79 Å². The molecular formula is C20H22N2O4. The molecule has 0 aliphatic carbocycles. The molecule has 136 valence electrons. The molecule has 0 aliphatic rings. The molecule has 0 aliphatic heterocycles. The highest BCUT2D eigenvalue weighted by molar-refractivity contribution is 5.91. The third kappa shape index (κ3) is 7.17. The van der Waals surface area contributed by atoms with E-state index >= 15 is 0 Å². The fourth-order valence-electron chi connectivity index (χ4n) is 2.17. The molecule has 0 bridgehead atoms. The van der Waals surface area contributed by atoms with Crippen molar-refractivity contribution in [3.63, 3.8) is 0 Å². The monoisotopic (exact) mass is 354 g/mol. The van der Waals surface area contributed by atoms with E-state index in [1.54, 1.807) is 31.5 Å². The maximum absolute atomic E-state index is 11.8. The summed E-state index contributed by atoms with van der Waals surface area (Å²) in [5.41, 5.74) is 1.87. The number of nitrogens with one attached hydrogen (secondary N) is 1. The van der Waals surface area contributed by atoms with Crippen LogP contribution in [0.4, 0.5) is 0 Å². The van der Waals surface area contributed by atoms with Crippen LogP contribution in [0.25, 0.3) is 6.08 Å². The van der Waals surface area contributed by atoms with Gasteiger partial charge in [0.1, 0.15) is 5.75 Å². The van der Waals surface area contributed by atoms with Gasteiger partial charge in [0.2, 0.25) is 5.91 Å². The lowest BCUT2D eigenvalue weighted by molar-refractivity contribution is -0.145. The molecule has 1 amide bonds. The number of carbonyl (C=O) groups is 2. The van der Waals surface area contributed by atoms with E-state index in [4.69, 9.17) is 9.47 Å². The molecule has 0 saturated carbocycles. The second-order valence-electron chi connectivity index (χ2n) is 5.40. The number of carbonyl (C=O) groups excluding carboxylic acids is 2. The molecule has 26 heavy (non-hydrogen) atoms. The van der Waals surface area contributed by atoms with Crippen LogP contribution in [0.3, 0.4) is 0 Å². The smallest absolute Gasteiger partial charge is 0.344 e. The maximum atomic E-state index is 11.8. The van der Waals surface area contributed by atoms with Gasteiger partial charge in [0, 0.05) is 25.0 Å². The van der Waals surface area contributed by atoms with Crippen LogP contribution < -0.4 is 10.1 Å². The first-order valence-corrected chi connectivity index (χ1v) is 8.40. The molecule has 1 heterocycles. The number of rotatable bonds is 9. The molecular weight excluding hydrogens is 332 g/mol. The summed E-state index contributed by atoms with van der Waals surface area (Å²) in [5.74, 6) is 0.0347. The van der Waals surface area contributed by atoms with Gasteiger partial charge in [0.25, 0.3) is 0 Å². The number of benzene rings is 1. The Morgan fingerprint density at radius 2 is 2.12 bits per heavy atom. The average molecular weight is 354 g/mol. The number of esters is 1. The van der Waals surface area contributed by atoms with E-state index < -0.39 is 5.97 Å². The van der Waals surface area contributed by atoms with Gasteiger partial charge in [-0.15, -0.1) is 0 Å². The van der Waals surface area contributed by atoms with Crippen LogP contribution in [0.5, 0.6) is 5.75 Å². The lowest BCUT2D eigenvalue weighted by Gasteiger charge is -2.08. The standard InChI is InChI=1S/C20H22N2O4/c1-2-25-20(24)15-26-18-7-3-5-16(13-18)10-12-22-19(23)9-8-17-6-4-11-21-14-17/h3-9,11,13-14H,2,10,12,15H2,1H3,(H,22,23)/b9-8+. The summed E-state index contributed by atoms with van der Waals surface area (Å²) in [6, 6.07) is 11.1. The zero-order valence-electron chi connectivity index (χ0n) is 14.7. The number of pyridine rings is 1. The molecule has 1 aromatic carbocycles. The Kier molecular flexibility index (Phi) is 7.86. The molecule has 1 N–H and O–H groups in total. The van der Waals surface area contributed by atoms with Crippen LogP contribution in [0.1, 0.15) is 18.1 Å². The van der Waals surface area contributed by atoms with Gasteiger partial charge in [0.05, 0.1) is 6.61 Å². The molecule has 0 saturated heterocycles. The minimum absolute atomic E-state index is 0.118. The minimum atomic E-state index is -0.398. The summed E-state index contributed by atoms with van der Waals surface area (Å²) < 4.78 is 10.2. The third-order valence-corrected chi connectivity index (χ3v) is 3.38. The Balaban J connectivity index is 1.75. The Bertz CT molecular complexity index is 744. The summed E-state index contributed by atoms with van der Waals surface area (Å²) in [7, 11) is 0. The Morgan fingerprint density at radius 3 is 2.88 bits per heavy atom. The minimum Gasteiger partial charge on any atom is -0.482 e. The van der Waals surface area contributed by atoms with Gasteiger partial charge in [-0.3, -0.25) is 9.78 Å². The van der Waals surface area contributed by atoms with E-state index in [1.807, 2.05) is 30.3 Å². The van der Waals surface area contributed by atoms with Crippen molar-refractivity contribution in [2.24, 2.45) is 0 Å². The van der Waals surface area contributed by atoms with E-state index in [-0.39, 0.29) is 12.5 Å². The SMILES string of the molecule is CCOC(=O)COc1cccc(CCNC(=O)/C=C/c2cccnc2)c1. The highest BCUT2D eigenvalue weighted by Crippen LogP contribution is 2.13. The first kappa shape index (κ1) is 19.2. The summed E-state index contributed by atoms with van der Waals surface area (Å²) in [4.78, 5) is 27.1. The maximum Gasteiger partial charge on any atom is 0.344 e. The van der Waals surface area contributed by atoms with Gasteiger partial charge in [-0.2, -0.15) is 0 Å². The molecule has 2 rings (SSSR count). The van der Waals surface area contributed by atoms with Crippen molar-refractivity contribution in [1.29, 1.82) is 0 Å². The fourth-order valence-corrected chi connectivity index (χ4v) is 2.17. The van der Waals surface area contributed by atoms with Gasteiger partial charge < -0.3 is 14.8 Å². The van der Waals surface area contributed by atoms with Crippen molar-refractivity contribution in [1.82, 2.24) is 10.3 Å². The van der Waals surface area contributed by atoms with Crippen LogP contribution in [0.2, 0.25) is 0 Å². The van der Waals surface area contributed by atoms with Gasteiger partial charge >= 0.3 is 5.97 Å². The second kappa shape index (κ2) is 10.7. The van der Waals surface area contributed by atoms with Gasteiger partial charge in [-0.1, -0.05) is 18.2 Å². The molecule has 1 aromatic heterocycles. The molecule has 2 aromatic rings. The van der Waals surface area contributed by atoms with Crippen LogP contribution in [-0.2, 0) is 20.7 Å². The lowest BCUT2D eigenvalue weighted by atomic mass is 10.1. The molecule has 6 heteroatoms. The van der Waals surface area contributed by atoms with Crippen molar-refractivity contribution in [2.75, 3.05) is 19.8 Å².